The Bertz CT molecular complexity index is 405. The van der Waals surface area contributed by atoms with Crippen LogP contribution in [0.5, 0.6) is 0 Å². The molecule has 1 aromatic rings. The Morgan fingerprint density at radius 1 is 1.50 bits per heavy atom. The molecule has 1 aliphatic heterocycles. The van der Waals surface area contributed by atoms with Gasteiger partial charge in [0.05, 0.1) is 12.6 Å². The summed E-state index contributed by atoms with van der Waals surface area (Å²) in [7, 11) is 0. The van der Waals surface area contributed by atoms with Gasteiger partial charge in [-0.3, -0.25) is 4.79 Å². The molecule has 1 saturated heterocycles. The van der Waals surface area contributed by atoms with Crippen molar-refractivity contribution in [1.29, 1.82) is 0 Å². The first-order valence-corrected chi connectivity index (χ1v) is 6.02. The molecule has 1 aromatic carbocycles. The number of rotatable bonds is 4. The second kappa shape index (κ2) is 5.46. The van der Waals surface area contributed by atoms with E-state index >= 15 is 0 Å². The number of hydrogen-bond donors (Lipinski definition) is 3. The van der Waals surface area contributed by atoms with E-state index in [9.17, 15) is 14.3 Å². The fourth-order valence-corrected chi connectivity index (χ4v) is 2.06. The van der Waals surface area contributed by atoms with E-state index in [0.717, 1.165) is 5.56 Å². The summed E-state index contributed by atoms with van der Waals surface area (Å²) in [5.74, 6) is -0.657. The predicted molar refractivity (Wildman–Crippen MR) is 65.7 cm³/mol. The van der Waals surface area contributed by atoms with Gasteiger partial charge >= 0.3 is 0 Å². The number of hydrogen-bond acceptors (Lipinski definition) is 3. The van der Waals surface area contributed by atoms with Crippen LogP contribution in [0.1, 0.15) is 18.0 Å². The largest absolute Gasteiger partial charge is 0.394 e. The quantitative estimate of drug-likeness (QED) is 0.733. The molecular formula is C13H17FN2O2. The van der Waals surface area contributed by atoms with Gasteiger partial charge in [-0.05, 0) is 12.1 Å². The number of halogens is 1. The third-order valence-electron chi connectivity index (χ3n) is 3.20. The number of alkyl halides is 1. The molecule has 0 bridgehead atoms. The Labute approximate surface area is 105 Å². The minimum Gasteiger partial charge on any atom is -0.394 e. The zero-order valence-corrected chi connectivity index (χ0v) is 10.0. The maximum Gasteiger partial charge on any atom is 0.259 e. The molecule has 1 fully saturated rings. The highest BCUT2D eigenvalue weighted by atomic mass is 19.1. The Morgan fingerprint density at radius 2 is 2.22 bits per heavy atom. The first-order chi connectivity index (χ1) is 8.65. The van der Waals surface area contributed by atoms with Gasteiger partial charge in [0, 0.05) is 13.0 Å². The SMILES string of the molecule is O=C(NC(CO)c1ccccc1)C1(F)CCNC1. The number of aliphatic hydroxyl groups excluding tert-OH is 1. The van der Waals surface area contributed by atoms with Crippen LogP contribution in [0.4, 0.5) is 4.39 Å². The zero-order chi connectivity index (χ0) is 13.0. The summed E-state index contributed by atoms with van der Waals surface area (Å²) in [4.78, 5) is 11.9. The Hall–Kier alpha value is -1.46. The van der Waals surface area contributed by atoms with Crippen LogP contribution in [0.25, 0.3) is 0 Å². The number of carbonyl (C=O) groups excluding carboxylic acids is 1. The summed E-state index contributed by atoms with van der Waals surface area (Å²) < 4.78 is 14.2. The van der Waals surface area contributed by atoms with E-state index in [-0.39, 0.29) is 19.6 Å². The highest BCUT2D eigenvalue weighted by molar-refractivity contribution is 5.86. The van der Waals surface area contributed by atoms with Crippen LogP contribution in [-0.4, -0.2) is 36.4 Å². The maximum atomic E-state index is 14.2. The summed E-state index contributed by atoms with van der Waals surface area (Å²) in [5.41, 5.74) is -1.09. The van der Waals surface area contributed by atoms with Gasteiger partial charge in [-0.15, -0.1) is 0 Å². The first-order valence-electron chi connectivity index (χ1n) is 6.02. The third kappa shape index (κ3) is 2.68. The molecule has 18 heavy (non-hydrogen) atoms. The van der Waals surface area contributed by atoms with Crippen molar-refractivity contribution in [3.05, 3.63) is 35.9 Å². The van der Waals surface area contributed by atoms with E-state index in [1.165, 1.54) is 0 Å². The standard InChI is InChI=1S/C13H17FN2O2/c14-13(6-7-15-9-13)12(18)16-11(8-17)10-4-2-1-3-5-10/h1-5,11,15,17H,6-9H2,(H,16,18). The Kier molecular flexibility index (Phi) is 3.93. The highest BCUT2D eigenvalue weighted by Crippen LogP contribution is 2.22. The van der Waals surface area contributed by atoms with Crippen LogP contribution in [0.2, 0.25) is 0 Å². The molecular weight excluding hydrogens is 235 g/mol. The predicted octanol–water partition coefficient (Wildman–Crippen LogP) is 0.538. The van der Waals surface area contributed by atoms with Gasteiger partial charge in [-0.25, -0.2) is 4.39 Å². The van der Waals surface area contributed by atoms with E-state index in [0.29, 0.717) is 6.54 Å². The van der Waals surface area contributed by atoms with Gasteiger partial charge in [-0.1, -0.05) is 30.3 Å². The van der Waals surface area contributed by atoms with Gasteiger partial charge in [0.25, 0.3) is 5.91 Å². The average molecular weight is 252 g/mol. The number of amides is 1. The smallest absolute Gasteiger partial charge is 0.259 e. The van der Waals surface area contributed by atoms with Gasteiger partial charge in [0.1, 0.15) is 0 Å². The summed E-state index contributed by atoms with van der Waals surface area (Å²) >= 11 is 0. The van der Waals surface area contributed by atoms with Crippen molar-refractivity contribution < 1.29 is 14.3 Å². The molecule has 2 atom stereocenters. The lowest BCUT2D eigenvalue weighted by molar-refractivity contribution is -0.132. The maximum absolute atomic E-state index is 14.2. The molecule has 0 aliphatic carbocycles. The third-order valence-corrected chi connectivity index (χ3v) is 3.20. The van der Waals surface area contributed by atoms with Crippen LogP contribution in [0.15, 0.2) is 30.3 Å². The molecule has 0 radical (unpaired) electrons. The van der Waals surface area contributed by atoms with Gasteiger partial charge in [0.2, 0.25) is 5.67 Å². The van der Waals surface area contributed by atoms with Crippen LogP contribution >= 0.6 is 0 Å². The van der Waals surface area contributed by atoms with Crippen molar-refractivity contribution >= 4 is 5.91 Å². The highest BCUT2D eigenvalue weighted by Gasteiger charge is 2.42. The average Bonchev–Trinajstić information content (AvgIpc) is 2.85. The molecule has 98 valence electrons. The fraction of sp³-hybridized carbons (Fsp3) is 0.462. The van der Waals surface area contributed by atoms with Gasteiger partial charge in [0.15, 0.2) is 0 Å². The minimum absolute atomic E-state index is 0.0335. The van der Waals surface area contributed by atoms with Crippen LogP contribution < -0.4 is 10.6 Å². The van der Waals surface area contributed by atoms with Crippen molar-refractivity contribution in [2.45, 2.75) is 18.1 Å². The van der Waals surface area contributed by atoms with E-state index in [2.05, 4.69) is 10.6 Å². The molecule has 3 N–H and O–H groups in total. The summed E-state index contributed by atoms with van der Waals surface area (Å²) in [6.45, 7) is 0.282. The molecule has 2 unspecified atom stereocenters. The van der Waals surface area contributed by atoms with Crippen molar-refractivity contribution in [3.8, 4) is 0 Å². The normalized spacial score (nSPS) is 24.8. The van der Waals surface area contributed by atoms with Crippen molar-refractivity contribution in [2.24, 2.45) is 0 Å². The van der Waals surface area contributed by atoms with E-state index in [1.807, 2.05) is 18.2 Å². The van der Waals surface area contributed by atoms with Gasteiger partial charge in [-0.2, -0.15) is 0 Å². The van der Waals surface area contributed by atoms with E-state index < -0.39 is 17.6 Å². The summed E-state index contributed by atoms with van der Waals surface area (Å²) in [5, 5.41) is 14.7. The lowest BCUT2D eigenvalue weighted by atomic mass is 10.0. The molecule has 5 heteroatoms. The lowest BCUT2D eigenvalue weighted by Crippen LogP contribution is -2.46. The second-order valence-corrected chi connectivity index (χ2v) is 4.51. The molecule has 1 aliphatic rings. The van der Waals surface area contributed by atoms with Crippen molar-refractivity contribution in [2.75, 3.05) is 19.7 Å². The van der Waals surface area contributed by atoms with E-state index in [4.69, 9.17) is 0 Å². The molecule has 2 rings (SSSR count). The number of carbonyl (C=O) groups is 1. The van der Waals surface area contributed by atoms with Crippen LogP contribution in [0, 0.1) is 0 Å². The van der Waals surface area contributed by atoms with Crippen LogP contribution in [-0.2, 0) is 4.79 Å². The second-order valence-electron chi connectivity index (χ2n) is 4.51. The monoisotopic (exact) mass is 252 g/mol. The van der Waals surface area contributed by atoms with Crippen molar-refractivity contribution in [1.82, 2.24) is 10.6 Å². The molecule has 0 saturated carbocycles. The first kappa shape index (κ1) is 13.0. The minimum atomic E-state index is -1.86. The summed E-state index contributed by atoms with van der Waals surface area (Å²) in [6, 6.07) is 8.49. The molecule has 0 spiro atoms. The lowest BCUT2D eigenvalue weighted by Gasteiger charge is -2.22. The molecule has 0 aromatic heterocycles. The summed E-state index contributed by atoms with van der Waals surface area (Å²) in [6.07, 6.45) is 0.172. The van der Waals surface area contributed by atoms with Crippen LogP contribution in [0.3, 0.4) is 0 Å². The fourth-order valence-electron chi connectivity index (χ4n) is 2.06. The number of nitrogens with one attached hydrogen (secondary N) is 2. The topological polar surface area (TPSA) is 61.4 Å². The number of benzene rings is 1. The number of aliphatic hydroxyl groups is 1. The van der Waals surface area contributed by atoms with Gasteiger partial charge < -0.3 is 15.7 Å². The molecule has 1 heterocycles. The molecule has 1 amide bonds. The van der Waals surface area contributed by atoms with E-state index in [1.54, 1.807) is 12.1 Å². The Balaban J connectivity index is 2.05. The Morgan fingerprint density at radius 3 is 2.78 bits per heavy atom. The van der Waals surface area contributed by atoms with Crippen molar-refractivity contribution in [3.63, 3.8) is 0 Å². The zero-order valence-electron chi connectivity index (χ0n) is 10.0. The molecule has 4 nitrogen and oxygen atoms in total.